The van der Waals surface area contributed by atoms with Crippen molar-refractivity contribution < 1.29 is 4.42 Å². The van der Waals surface area contributed by atoms with Crippen molar-refractivity contribution in [3.05, 3.63) is 76.0 Å². The summed E-state index contributed by atoms with van der Waals surface area (Å²) >= 11 is 0. The molecule has 0 bridgehead atoms. The van der Waals surface area contributed by atoms with Crippen LogP contribution in [-0.2, 0) is 6.42 Å². The van der Waals surface area contributed by atoms with Gasteiger partial charge in [-0.1, -0.05) is 63.1 Å². The Morgan fingerprint density at radius 2 is 1.85 bits per heavy atom. The lowest BCUT2D eigenvalue weighted by atomic mass is 9.78. The molecule has 6 rings (SSSR count). The second-order valence-corrected chi connectivity index (χ2v) is 11.2. The number of furan rings is 1. The van der Waals surface area contributed by atoms with Gasteiger partial charge >= 0.3 is 0 Å². The summed E-state index contributed by atoms with van der Waals surface area (Å²) in [5.41, 5.74) is 8.87. The molecule has 3 nitrogen and oxygen atoms in total. The number of aryl methyl sites for hydroxylation is 2. The predicted molar refractivity (Wildman–Crippen MR) is 139 cm³/mol. The number of allylic oxidation sites excluding steroid dienone is 6. The zero-order valence-electron chi connectivity index (χ0n) is 21.0. The number of likely N-dealkylation sites (N-methyl/N-ethyl adjacent to an activating group) is 1. The molecule has 0 fully saturated rings. The second kappa shape index (κ2) is 7.70. The van der Waals surface area contributed by atoms with Crippen LogP contribution in [0.2, 0.25) is 0 Å². The smallest absolute Gasteiger partial charge is 0.142 e. The molecule has 0 spiro atoms. The fraction of sp³-hybridized carbons (Fsp3) is 0.419. The third-order valence-corrected chi connectivity index (χ3v) is 7.94. The molecular weight excluding hydrogens is 416 g/mol. The number of benzene rings is 1. The highest BCUT2D eigenvalue weighted by molar-refractivity contribution is 5.92. The van der Waals surface area contributed by atoms with Crippen molar-refractivity contribution in [3.63, 3.8) is 0 Å². The lowest BCUT2D eigenvalue weighted by Gasteiger charge is -2.35. The first kappa shape index (κ1) is 21.4. The number of rotatable bonds is 2. The molecule has 2 unspecified atom stereocenters. The molecule has 3 heteroatoms. The minimum atomic E-state index is 0.0415. The lowest BCUT2D eigenvalue weighted by molar-refractivity contribution is 0.201. The molecule has 0 saturated heterocycles. The number of hydrogen-bond donors (Lipinski definition) is 0. The highest BCUT2D eigenvalue weighted by Crippen LogP contribution is 2.49. The quantitative estimate of drug-likeness (QED) is 0.443. The molecule has 0 radical (unpaired) electrons. The monoisotopic (exact) mass is 450 g/mol. The van der Waals surface area contributed by atoms with Crippen molar-refractivity contribution in [1.82, 2.24) is 9.80 Å². The third kappa shape index (κ3) is 3.19. The van der Waals surface area contributed by atoms with E-state index in [-0.39, 0.29) is 11.6 Å². The zero-order valence-corrected chi connectivity index (χ0v) is 21.0. The summed E-state index contributed by atoms with van der Waals surface area (Å²) in [5, 5.41) is 1.23. The number of fused-ring (bicyclic) bond motifs is 3. The summed E-state index contributed by atoms with van der Waals surface area (Å²) in [6.45, 7) is 9.10. The first-order chi connectivity index (χ1) is 16.3. The van der Waals surface area contributed by atoms with Gasteiger partial charge in [-0.15, -0.1) is 0 Å². The van der Waals surface area contributed by atoms with Crippen molar-refractivity contribution in [3.8, 4) is 11.8 Å². The van der Waals surface area contributed by atoms with Gasteiger partial charge in [-0.2, -0.15) is 0 Å². The van der Waals surface area contributed by atoms with Gasteiger partial charge in [0, 0.05) is 41.6 Å². The van der Waals surface area contributed by atoms with Crippen molar-refractivity contribution in [2.45, 2.75) is 66.0 Å². The van der Waals surface area contributed by atoms with Gasteiger partial charge in [-0.3, -0.25) is 0 Å². The van der Waals surface area contributed by atoms with Crippen molar-refractivity contribution in [2.75, 3.05) is 7.05 Å². The molecule has 3 aliphatic carbocycles. The Morgan fingerprint density at radius 3 is 2.62 bits per heavy atom. The summed E-state index contributed by atoms with van der Waals surface area (Å²) in [6, 6.07) is 4.51. The maximum Gasteiger partial charge on any atom is 0.142 e. The Hall–Kier alpha value is -3.12. The van der Waals surface area contributed by atoms with E-state index in [4.69, 9.17) is 4.42 Å². The average molecular weight is 451 g/mol. The third-order valence-electron chi connectivity index (χ3n) is 7.94. The van der Waals surface area contributed by atoms with Crippen LogP contribution in [0.5, 0.6) is 0 Å². The predicted octanol–water partition coefficient (Wildman–Crippen LogP) is 7.46. The van der Waals surface area contributed by atoms with E-state index in [0.29, 0.717) is 5.92 Å². The summed E-state index contributed by atoms with van der Waals surface area (Å²) in [5.74, 6) is 8.72. The number of hydrogen-bond acceptors (Lipinski definition) is 3. The van der Waals surface area contributed by atoms with Gasteiger partial charge < -0.3 is 14.2 Å². The minimum Gasteiger partial charge on any atom is -0.460 e. The molecule has 2 aromatic rings. The maximum absolute atomic E-state index is 6.62. The van der Waals surface area contributed by atoms with E-state index in [1.807, 2.05) is 0 Å². The summed E-state index contributed by atoms with van der Waals surface area (Å²) in [7, 11) is 2.23. The zero-order chi connectivity index (χ0) is 23.6. The van der Waals surface area contributed by atoms with Crippen LogP contribution in [0.1, 0.15) is 75.1 Å². The molecule has 1 aromatic heterocycles. The Balaban J connectivity index is 1.52. The topological polar surface area (TPSA) is 19.6 Å². The van der Waals surface area contributed by atoms with E-state index in [0.717, 1.165) is 49.1 Å². The SMILES string of the molecule is Cc1ccc2c3c(oc2c1C1N(C)C2=C(CCC=C2)N1C1=CCC(C(C)(C)C)C#C1)CCC=C3. The highest BCUT2D eigenvalue weighted by Gasteiger charge is 2.41. The van der Waals surface area contributed by atoms with Gasteiger partial charge in [0.15, 0.2) is 0 Å². The van der Waals surface area contributed by atoms with E-state index < -0.39 is 0 Å². The van der Waals surface area contributed by atoms with E-state index in [9.17, 15) is 0 Å². The van der Waals surface area contributed by atoms with Crippen LogP contribution in [0.15, 0.2) is 57.9 Å². The highest BCUT2D eigenvalue weighted by atomic mass is 16.3. The van der Waals surface area contributed by atoms with Crippen LogP contribution in [0.4, 0.5) is 0 Å². The maximum atomic E-state index is 6.62. The van der Waals surface area contributed by atoms with E-state index >= 15 is 0 Å². The first-order valence-electron chi connectivity index (χ1n) is 12.7. The van der Waals surface area contributed by atoms with Crippen LogP contribution >= 0.6 is 0 Å². The minimum absolute atomic E-state index is 0.0415. The van der Waals surface area contributed by atoms with Crippen molar-refractivity contribution >= 4 is 17.0 Å². The van der Waals surface area contributed by atoms with Gasteiger partial charge in [0.05, 0.1) is 11.4 Å². The van der Waals surface area contributed by atoms with Crippen LogP contribution in [0, 0.1) is 30.1 Å². The number of nitrogens with zero attached hydrogens (tertiary/aromatic N) is 2. The molecular formula is C31H34N2O. The van der Waals surface area contributed by atoms with Gasteiger partial charge in [0.25, 0.3) is 0 Å². The first-order valence-corrected chi connectivity index (χ1v) is 12.7. The van der Waals surface area contributed by atoms with Gasteiger partial charge in [-0.25, -0.2) is 0 Å². The molecule has 4 aliphatic rings. The van der Waals surface area contributed by atoms with Crippen molar-refractivity contribution in [2.24, 2.45) is 11.3 Å². The van der Waals surface area contributed by atoms with Crippen LogP contribution < -0.4 is 0 Å². The van der Waals surface area contributed by atoms with E-state index in [1.54, 1.807) is 0 Å². The summed E-state index contributed by atoms with van der Waals surface area (Å²) in [4.78, 5) is 4.95. The van der Waals surface area contributed by atoms with Gasteiger partial charge in [-0.05, 0) is 55.6 Å². The molecule has 2 atom stereocenters. The fourth-order valence-corrected chi connectivity index (χ4v) is 5.94. The average Bonchev–Trinajstić information content (AvgIpc) is 3.34. The Bertz CT molecular complexity index is 1360. The van der Waals surface area contributed by atoms with Crippen LogP contribution in [0.3, 0.4) is 0 Å². The van der Waals surface area contributed by atoms with Gasteiger partial charge in [0.1, 0.15) is 17.5 Å². The standard InChI is InChI=1S/C31H34N2O/c1-20-14-19-24-23-10-6-9-13-27(23)34-29(24)28(20)30-32(5)25-11-7-8-12-26(25)33(30)22-17-15-21(16-18-22)31(2,3)4/h6-7,10-11,14,17,19,21,30H,8-9,12-13,15H2,1-5H3. The fourth-order valence-electron chi connectivity index (χ4n) is 5.94. The van der Waals surface area contributed by atoms with Crippen molar-refractivity contribution in [1.29, 1.82) is 0 Å². The molecule has 174 valence electrons. The summed E-state index contributed by atoms with van der Waals surface area (Å²) < 4.78 is 6.62. The normalized spacial score (nSPS) is 23.7. The molecule has 2 heterocycles. The van der Waals surface area contributed by atoms with Crippen LogP contribution in [0.25, 0.3) is 17.0 Å². The molecule has 34 heavy (non-hydrogen) atoms. The largest absolute Gasteiger partial charge is 0.460 e. The Labute approximate surface area is 203 Å². The Morgan fingerprint density at radius 1 is 1.06 bits per heavy atom. The van der Waals surface area contributed by atoms with Crippen LogP contribution in [-0.4, -0.2) is 16.8 Å². The van der Waals surface area contributed by atoms with Gasteiger partial charge in [0.2, 0.25) is 0 Å². The molecule has 1 aliphatic heterocycles. The molecule has 0 saturated carbocycles. The van der Waals surface area contributed by atoms with E-state index in [1.165, 1.54) is 33.5 Å². The summed E-state index contributed by atoms with van der Waals surface area (Å²) in [6.07, 6.45) is 16.7. The van der Waals surface area contributed by atoms with E-state index in [2.05, 4.69) is 98.9 Å². The molecule has 1 aromatic carbocycles. The molecule has 0 N–H and O–H groups in total. The lowest BCUT2D eigenvalue weighted by Crippen LogP contribution is -2.32. The Kier molecular flexibility index (Phi) is 4.85. The second-order valence-electron chi connectivity index (χ2n) is 11.2. The molecule has 0 amide bonds.